The average Bonchev–Trinajstić information content (AvgIpc) is 2.82. The molecule has 0 heteroatoms. The topological polar surface area (TPSA) is 0 Å². The fourth-order valence-electron chi connectivity index (χ4n) is 3.84. The second kappa shape index (κ2) is 5.38. The fraction of sp³-hybridized carbons (Fsp3) is 0.217. The van der Waals surface area contributed by atoms with Gasteiger partial charge in [-0.1, -0.05) is 86.6 Å². The quantitative estimate of drug-likeness (QED) is 0.575. The van der Waals surface area contributed by atoms with E-state index in [9.17, 15) is 0 Å². The van der Waals surface area contributed by atoms with Crippen LogP contribution in [0.5, 0.6) is 0 Å². The van der Waals surface area contributed by atoms with Crippen molar-refractivity contribution >= 4 is 0 Å². The van der Waals surface area contributed by atoms with Crippen LogP contribution in [0, 0.1) is 0 Å². The zero-order chi connectivity index (χ0) is 15.9. The molecule has 0 N–H and O–H groups in total. The molecule has 0 fully saturated rings. The number of rotatable bonds is 3. The lowest BCUT2D eigenvalue weighted by Crippen LogP contribution is -2.15. The van der Waals surface area contributed by atoms with Crippen LogP contribution in [0.15, 0.2) is 72.8 Å². The first-order chi connectivity index (χ1) is 11.2. The molecule has 114 valence electrons. The summed E-state index contributed by atoms with van der Waals surface area (Å²) in [5.41, 5.74) is 8.70. The van der Waals surface area contributed by atoms with Crippen molar-refractivity contribution in [2.24, 2.45) is 0 Å². The first kappa shape index (κ1) is 14.3. The second-order valence-corrected chi connectivity index (χ2v) is 7.04. The number of aryl methyl sites for hydroxylation is 2. The first-order valence-electron chi connectivity index (χ1n) is 8.43. The highest BCUT2D eigenvalue weighted by molar-refractivity contribution is 5.80. The van der Waals surface area contributed by atoms with Gasteiger partial charge in [-0.25, -0.2) is 0 Å². The molecule has 4 rings (SSSR count). The highest BCUT2D eigenvalue weighted by atomic mass is 14.4. The molecule has 0 spiro atoms. The van der Waals surface area contributed by atoms with E-state index in [4.69, 9.17) is 0 Å². The van der Waals surface area contributed by atoms with Gasteiger partial charge in [-0.15, -0.1) is 0 Å². The Hall–Kier alpha value is -2.34. The van der Waals surface area contributed by atoms with Gasteiger partial charge in [0.05, 0.1) is 0 Å². The van der Waals surface area contributed by atoms with Crippen LogP contribution in [0.25, 0.3) is 11.1 Å². The number of fused-ring (bicyclic) bond motifs is 3. The molecule has 0 heterocycles. The van der Waals surface area contributed by atoms with E-state index in [1.54, 1.807) is 0 Å². The summed E-state index contributed by atoms with van der Waals surface area (Å²) >= 11 is 0. The Kier molecular flexibility index (Phi) is 3.34. The zero-order valence-electron chi connectivity index (χ0n) is 13.8. The van der Waals surface area contributed by atoms with Gasteiger partial charge >= 0.3 is 0 Å². The van der Waals surface area contributed by atoms with Crippen LogP contribution in [0.1, 0.15) is 36.1 Å². The summed E-state index contributed by atoms with van der Waals surface area (Å²) in [6.45, 7) is 4.69. The molecule has 3 aromatic rings. The van der Waals surface area contributed by atoms with E-state index in [1.807, 2.05) is 0 Å². The van der Waals surface area contributed by atoms with Crippen LogP contribution in [0.4, 0.5) is 0 Å². The number of hydrogen-bond donors (Lipinski definition) is 0. The van der Waals surface area contributed by atoms with Crippen molar-refractivity contribution in [3.05, 3.63) is 95.1 Å². The van der Waals surface area contributed by atoms with Gasteiger partial charge in [0.15, 0.2) is 0 Å². The van der Waals surface area contributed by atoms with E-state index in [-0.39, 0.29) is 5.41 Å². The predicted octanol–water partition coefficient (Wildman–Crippen LogP) is 5.78. The lowest BCUT2D eigenvalue weighted by Gasteiger charge is -2.22. The van der Waals surface area contributed by atoms with Crippen LogP contribution in [0.3, 0.4) is 0 Å². The molecule has 1 aliphatic carbocycles. The standard InChI is InChI=1S/C23H22/c1-23(2)21-11-7-6-10-19(21)20-15-14-18(16-22(20)23)13-12-17-8-4-3-5-9-17/h3-11,14-16H,12-13H2,1-2H3. The normalized spacial score (nSPS) is 14.3. The van der Waals surface area contributed by atoms with E-state index in [1.165, 1.54) is 33.4 Å². The molecule has 3 aromatic carbocycles. The van der Waals surface area contributed by atoms with Crippen molar-refractivity contribution in [3.8, 4) is 11.1 Å². The van der Waals surface area contributed by atoms with Gasteiger partial charge in [0.1, 0.15) is 0 Å². The lowest BCUT2D eigenvalue weighted by molar-refractivity contribution is 0.659. The van der Waals surface area contributed by atoms with Gasteiger partial charge < -0.3 is 0 Å². The molecule has 1 aliphatic rings. The molecule has 0 saturated carbocycles. The Labute approximate surface area is 138 Å². The van der Waals surface area contributed by atoms with Crippen molar-refractivity contribution in [2.75, 3.05) is 0 Å². The largest absolute Gasteiger partial charge is 0.0622 e. The molecule has 0 nitrogen and oxygen atoms in total. The molecular formula is C23H22. The summed E-state index contributed by atoms with van der Waals surface area (Å²) in [7, 11) is 0. The molecule has 0 amide bonds. The Morgan fingerprint density at radius 2 is 1.26 bits per heavy atom. The molecule has 23 heavy (non-hydrogen) atoms. The fourth-order valence-corrected chi connectivity index (χ4v) is 3.84. The third-order valence-electron chi connectivity index (χ3n) is 5.19. The third kappa shape index (κ3) is 2.39. The van der Waals surface area contributed by atoms with Crippen LogP contribution < -0.4 is 0 Å². The van der Waals surface area contributed by atoms with Crippen LogP contribution >= 0.6 is 0 Å². The molecule has 0 aliphatic heterocycles. The van der Waals surface area contributed by atoms with E-state index in [0.717, 1.165) is 12.8 Å². The van der Waals surface area contributed by atoms with E-state index in [2.05, 4.69) is 86.6 Å². The van der Waals surface area contributed by atoms with Gasteiger partial charge in [0.2, 0.25) is 0 Å². The minimum Gasteiger partial charge on any atom is -0.0622 e. The molecule has 0 radical (unpaired) electrons. The van der Waals surface area contributed by atoms with E-state index >= 15 is 0 Å². The summed E-state index contributed by atoms with van der Waals surface area (Å²) in [6, 6.07) is 26.7. The maximum absolute atomic E-state index is 2.43. The summed E-state index contributed by atoms with van der Waals surface area (Å²) in [4.78, 5) is 0. The molecule has 0 saturated heterocycles. The number of benzene rings is 3. The summed E-state index contributed by atoms with van der Waals surface area (Å²) < 4.78 is 0. The van der Waals surface area contributed by atoms with Gasteiger partial charge in [-0.05, 0) is 46.2 Å². The smallest absolute Gasteiger partial charge is 0.0158 e. The predicted molar refractivity (Wildman–Crippen MR) is 97.9 cm³/mol. The SMILES string of the molecule is CC1(C)c2ccccc2-c2ccc(CCc3ccccc3)cc21. The van der Waals surface area contributed by atoms with Crippen molar-refractivity contribution in [2.45, 2.75) is 32.1 Å². The van der Waals surface area contributed by atoms with Gasteiger partial charge in [-0.2, -0.15) is 0 Å². The average molecular weight is 298 g/mol. The van der Waals surface area contributed by atoms with Gasteiger partial charge in [-0.3, -0.25) is 0 Å². The Bertz CT molecular complexity index is 841. The minimum atomic E-state index is 0.106. The Morgan fingerprint density at radius 1 is 0.609 bits per heavy atom. The Morgan fingerprint density at radius 3 is 2.09 bits per heavy atom. The third-order valence-corrected chi connectivity index (χ3v) is 5.19. The summed E-state index contributed by atoms with van der Waals surface area (Å²) in [6.07, 6.45) is 2.21. The van der Waals surface area contributed by atoms with Crippen molar-refractivity contribution in [1.82, 2.24) is 0 Å². The molecule has 0 unspecified atom stereocenters. The van der Waals surface area contributed by atoms with Crippen LogP contribution in [-0.4, -0.2) is 0 Å². The van der Waals surface area contributed by atoms with Gasteiger partial charge in [0, 0.05) is 5.41 Å². The zero-order valence-corrected chi connectivity index (χ0v) is 13.8. The lowest BCUT2D eigenvalue weighted by atomic mass is 9.82. The molecule has 0 bridgehead atoms. The summed E-state index contributed by atoms with van der Waals surface area (Å²) in [5, 5.41) is 0. The maximum atomic E-state index is 2.43. The highest BCUT2D eigenvalue weighted by Gasteiger charge is 2.34. The van der Waals surface area contributed by atoms with Crippen LogP contribution in [-0.2, 0) is 18.3 Å². The van der Waals surface area contributed by atoms with Crippen molar-refractivity contribution in [3.63, 3.8) is 0 Å². The first-order valence-corrected chi connectivity index (χ1v) is 8.43. The van der Waals surface area contributed by atoms with E-state index < -0.39 is 0 Å². The molecular weight excluding hydrogens is 276 g/mol. The van der Waals surface area contributed by atoms with Crippen LogP contribution in [0.2, 0.25) is 0 Å². The molecule has 0 aromatic heterocycles. The second-order valence-electron chi connectivity index (χ2n) is 7.04. The number of hydrogen-bond acceptors (Lipinski definition) is 0. The monoisotopic (exact) mass is 298 g/mol. The Balaban J connectivity index is 1.66. The summed E-state index contributed by atoms with van der Waals surface area (Å²) in [5.74, 6) is 0. The van der Waals surface area contributed by atoms with Crippen molar-refractivity contribution in [1.29, 1.82) is 0 Å². The van der Waals surface area contributed by atoms with Crippen molar-refractivity contribution < 1.29 is 0 Å². The molecule has 0 atom stereocenters. The highest BCUT2D eigenvalue weighted by Crippen LogP contribution is 2.48. The van der Waals surface area contributed by atoms with Gasteiger partial charge in [0.25, 0.3) is 0 Å². The maximum Gasteiger partial charge on any atom is 0.0158 e. The minimum absolute atomic E-state index is 0.106. The van der Waals surface area contributed by atoms with E-state index in [0.29, 0.717) is 0 Å².